The van der Waals surface area contributed by atoms with Crippen molar-refractivity contribution in [1.82, 2.24) is 4.90 Å². The summed E-state index contributed by atoms with van der Waals surface area (Å²) in [5.74, 6) is 0. The number of halogens is 1. The number of benzene rings is 1. The van der Waals surface area contributed by atoms with E-state index < -0.39 is 0 Å². The predicted molar refractivity (Wildman–Crippen MR) is 78.0 cm³/mol. The topological polar surface area (TPSA) is 29.3 Å². The van der Waals surface area contributed by atoms with Crippen molar-refractivity contribution >= 4 is 11.6 Å². The van der Waals surface area contributed by atoms with E-state index in [2.05, 4.69) is 37.2 Å². The maximum Gasteiger partial charge on any atom is 0.0453 e. The predicted octanol–water partition coefficient (Wildman–Crippen LogP) is 3.17. The summed E-state index contributed by atoms with van der Waals surface area (Å²) in [5.41, 5.74) is 8.72. The lowest BCUT2D eigenvalue weighted by molar-refractivity contribution is 0.402. The Morgan fingerprint density at radius 3 is 2.44 bits per heavy atom. The van der Waals surface area contributed by atoms with Gasteiger partial charge in [0.15, 0.2) is 0 Å². The molecule has 0 aliphatic heterocycles. The zero-order valence-electron chi connectivity index (χ0n) is 11.4. The van der Waals surface area contributed by atoms with Gasteiger partial charge in [0.05, 0.1) is 0 Å². The van der Waals surface area contributed by atoms with Gasteiger partial charge in [0.25, 0.3) is 0 Å². The Morgan fingerprint density at radius 2 is 1.94 bits per heavy atom. The number of hydrogen-bond acceptors (Lipinski definition) is 2. The van der Waals surface area contributed by atoms with Crippen LogP contribution in [0.25, 0.3) is 0 Å². The highest BCUT2D eigenvalue weighted by Crippen LogP contribution is 2.41. The van der Waals surface area contributed by atoms with Crippen LogP contribution in [0.5, 0.6) is 0 Å². The van der Waals surface area contributed by atoms with E-state index >= 15 is 0 Å². The van der Waals surface area contributed by atoms with Crippen molar-refractivity contribution in [2.45, 2.75) is 37.6 Å². The van der Waals surface area contributed by atoms with E-state index in [-0.39, 0.29) is 5.41 Å². The first-order valence-corrected chi connectivity index (χ1v) is 7.09. The Hall–Kier alpha value is -0.570. The molecule has 0 aromatic heterocycles. The summed E-state index contributed by atoms with van der Waals surface area (Å²) in [5, 5.41) is 0.876. The van der Waals surface area contributed by atoms with E-state index in [4.69, 9.17) is 17.3 Å². The second-order valence-corrected chi connectivity index (χ2v) is 6.14. The van der Waals surface area contributed by atoms with E-state index in [1.165, 1.54) is 36.8 Å². The van der Waals surface area contributed by atoms with Crippen LogP contribution in [0.2, 0.25) is 5.02 Å². The smallest absolute Gasteiger partial charge is 0.0453 e. The highest BCUT2D eigenvalue weighted by atomic mass is 35.5. The van der Waals surface area contributed by atoms with Crippen molar-refractivity contribution in [3.63, 3.8) is 0 Å². The van der Waals surface area contributed by atoms with Crippen LogP contribution in [0, 0.1) is 0 Å². The molecule has 0 spiro atoms. The lowest BCUT2D eigenvalue weighted by atomic mass is 9.79. The van der Waals surface area contributed by atoms with Gasteiger partial charge < -0.3 is 10.6 Å². The fraction of sp³-hybridized carbons (Fsp3) is 0.600. The van der Waals surface area contributed by atoms with Gasteiger partial charge in [-0.25, -0.2) is 0 Å². The van der Waals surface area contributed by atoms with E-state index in [0.29, 0.717) is 0 Å². The highest BCUT2D eigenvalue weighted by Gasteiger charge is 2.34. The first-order chi connectivity index (χ1) is 8.57. The number of rotatable bonds is 4. The van der Waals surface area contributed by atoms with Crippen molar-refractivity contribution in [2.24, 2.45) is 5.73 Å². The van der Waals surface area contributed by atoms with Gasteiger partial charge in [0.2, 0.25) is 0 Å². The van der Waals surface area contributed by atoms with E-state index in [0.717, 1.165) is 18.1 Å². The van der Waals surface area contributed by atoms with Crippen molar-refractivity contribution in [3.8, 4) is 0 Å². The quantitative estimate of drug-likeness (QED) is 0.907. The molecule has 1 aliphatic rings. The molecule has 1 fully saturated rings. The summed E-state index contributed by atoms with van der Waals surface area (Å²) in [6.07, 6.45) is 4.97. The lowest BCUT2D eigenvalue weighted by Gasteiger charge is -2.28. The van der Waals surface area contributed by atoms with Crippen LogP contribution >= 0.6 is 11.6 Å². The third kappa shape index (κ3) is 2.71. The molecule has 0 atom stereocenters. The fourth-order valence-corrected chi connectivity index (χ4v) is 3.25. The average molecular weight is 267 g/mol. The van der Waals surface area contributed by atoms with Crippen LogP contribution in [-0.2, 0) is 12.0 Å². The maximum atomic E-state index is 6.40. The molecular weight excluding hydrogens is 244 g/mol. The minimum absolute atomic E-state index is 0.181. The molecule has 2 rings (SSSR count). The van der Waals surface area contributed by atoms with Gasteiger partial charge >= 0.3 is 0 Å². The van der Waals surface area contributed by atoms with Gasteiger partial charge in [-0.2, -0.15) is 0 Å². The monoisotopic (exact) mass is 266 g/mol. The number of nitrogens with zero attached hydrogens (tertiary/aromatic N) is 1. The van der Waals surface area contributed by atoms with Crippen molar-refractivity contribution in [3.05, 3.63) is 34.3 Å². The normalized spacial score (nSPS) is 18.5. The van der Waals surface area contributed by atoms with Crippen LogP contribution in [0.3, 0.4) is 0 Å². The Labute approximate surface area is 115 Å². The molecule has 2 N–H and O–H groups in total. The molecule has 1 aromatic carbocycles. The molecule has 2 nitrogen and oxygen atoms in total. The molecule has 3 heteroatoms. The molecule has 0 radical (unpaired) electrons. The van der Waals surface area contributed by atoms with Crippen molar-refractivity contribution in [1.29, 1.82) is 0 Å². The van der Waals surface area contributed by atoms with Gasteiger partial charge in [-0.3, -0.25) is 0 Å². The van der Waals surface area contributed by atoms with Crippen LogP contribution in [0.1, 0.15) is 36.8 Å². The Balaban J connectivity index is 2.27. The maximum absolute atomic E-state index is 6.40. The van der Waals surface area contributed by atoms with Gasteiger partial charge in [0.1, 0.15) is 0 Å². The second kappa shape index (κ2) is 5.60. The fourth-order valence-electron chi connectivity index (χ4n) is 3.01. The largest absolute Gasteiger partial charge is 0.330 e. The summed E-state index contributed by atoms with van der Waals surface area (Å²) >= 11 is 6.40. The van der Waals surface area contributed by atoms with Crippen LogP contribution < -0.4 is 5.73 Å². The van der Waals surface area contributed by atoms with Crippen LogP contribution in [0.15, 0.2) is 18.2 Å². The molecule has 0 heterocycles. The molecular formula is C15H23ClN2. The standard InChI is InChI=1S/C15H23ClN2/c1-18(2)10-12-5-6-13(9-14(12)16)15(11-17)7-3-4-8-15/h5-6,9H,3-4,7-8,10-11,17H2,1-2H3. The molecule has 100 valence electrons. The first-order valence-electron chi connectivity index (χ1n) is 6.71. The zero-order valence-corrected chi connectivity index (χ0v) is 12.1. The SMILES string of the molecule is CN(C)Cc1ccc(C2(CN)CCCC2)cc1Cl. The third-order valence-corrected chi connectivity index (χ3v) is 4.46. The Morgan fingerprint density at radius 1 is 1.28 bits per heavy atom. The van der Waals surface area contributed by atoms with E-state index in [1.54, 1.807) is 0 Å². The summed E-state index contributed by atoms with van der Waals surface area (Å²) in [4.78, 5) is 2.13. The molecule has 0 amide bonds. The van der Waals surface area contributed by atoms with Gasteiger partial charge in [-0.05, 0) is 44.1 Å². The van der Waals surface area contributed by atoms with Gasteiger partial charge in [-0.1, -0.05) is 36.6 Å². The molecule has 1 saturated carbocycles. The molecule has 18 heavy (non-hydrogen) atoms. The summed E-state index contributed by atoms with van der Waals surface area (Å²) in [7, 11) is 4.12. The average Bonchev–Trinajstić information content (AvgIpc) is 2.81. The number of nitrogens with two attached hydrogens (primary N) is 1. The number of hydrogen-bond donors (Lipinski definition) is 1. The highest BCUT2D eigenvalue weighted by molar-refractivity contribution is 6.31. The molecule has 1 aromatic rings. The summed E-state index contributed by atoms with van der Waals surface area (Å²) < 4.78 is 0. The first kappa shape index (κ1) is 13.9. The van der Waals surface area contributed by atoms with E-state index in [9.17, 15) is 0 Å². The minimum atomic E-state index is 0.181. The van der Waals surface area contributed by atoms with Crippen LogP contribution in [-0.4, -0.2) is 25.5 Å². The zero-order chi connectivity index (χ0) is 13.2. The van der Waals surface area contributed by atoms with Crippen molar-refractivity contribution < 1.29 is 0 Å². The van der Waals surface area contributed by atoms with Crippen LogP contribution in [0.4, 0.5) is 0 Å². The minimum Gasteiger partial charge on any atom is -0.330 e. The second-order valence-electron chi connectivity index (χ2n) is 5.74. The molecule has 0 saturated heterocycles. The van der Waals surface area contributed by atoms with Crippen molar-refractivity contribution in [2.75, 3.05) is 20.6 Å². The van der Waals surface area contributed by atoms with Gasteiger partial charge in [-0.15, -0.1) is 0 Å². The molecule has 0 bridgehead atoms. The molecule has 0 unspecified atom stereocenters. The Kier molecular flexibility index (Phi) is 4.31. The Bertz CT molecular complexity index is 409. The third-order valence-electron chi connectivity index (χ3n) is 4.10. The summed E-state index contributed by atoms with van der Waals surface area (Å²) in [6, 6.07) is 6.52. The van der Waals surface area contributed by atoms with Gasteiger partial charge in [0, 0.05) is 23.5 Å². The summed E-state index contributed by atoms with van der Waals surface area (Å²) in [6.45, 7) is 1.62. The molecule has 1 aliphatic carbocycles. The lowest BCUT2D eigenvalue weighted by Crippen LogP contribution is -2.32. The van der Waals surface area contributed by atoms with E-state index in [1.807, 2.05) is 0 Å².